The second-order valence-corrected chi connectivity index (χ2v) is 6.67. The van der Waals surface area contributed by atoms with Crippen LogP contribution in [0.5, 0.6) is 17.2 Å². The molecule has 6 heteroatoms. The minimum Gasteiger partial charge on any atom is -0.497 e. The smallest absolute Gasteiger partial charge is 0.266 e. The largest absolute Gasteiger partial charge is 0.497 e. The number of carbonyl (C=O) groups is 1. The van der Waals surface area contributed by atoms with Crippen molar-refractivity contribution in [1.29, 1.82) is 5.26 Å². The molecule has 2 aromatic rings. The molecular formula is C24H28N2O4. The SMILES string of the molecule is CCCCCCOc1ccc(/C=C(/C#N)C(=O)Nc2ccc(OC)cc2)cc1OC. The minimum atomic E-state index is -0.488. The summed E-state index contributed by atoms with van der Waals surface area (Å²) in [5, 5.41) is 12.1. The van der Waals surface area contributed by atoms with Crippen molar-refractivity contribution >= 4 is 17.7 Å². The molecule has 0 radical (unpaired) electrons. The van der Waals surface area contributed by atoms with Gasteiger partial charge in [0.2, 0.25) is 0 Å². The van der Waals surface area contributed by atoms with Gasteiger partial charge >= 0.3 is 0 Å². The topological polar surface area (TPSA) is 80.6 Å². The highest BCUT2D eigenvalue weighted by Gasteiger charge is 2.11. The highest BCUT2D eigenvalue weighted by molar-refractivity contribution is 6.09. The first-order valence-corrected chi connectivity index (χ1v) is 9.99. The van der Waals surface area contributed by atoms with Crippen LogP contribution in [-0.4, -0.2) is 26.7 Å². The number of anilines is 1. The van der Waals surface area contributed by atoms with Crippen LogP contribution in [0.25, 0.3) is 6.08 Å². The molecule has 0 fully saturated rings. The Hall–Kier alpha value is -3.46. The molecule has 0 saturated carbocycles. The van der Waals surface area contributed by atoms with Gasteiger partial charge in [0, 0.05) is 5.69 Å². The van der Waals surface area contributed by atoms with Crippen molar-refractivity contribution in [2.45, 2.75) is 32.6 Å². The molecular weight excluding hydrogens is 380 g/mol. The summed E-state index contributed by atoms with van der Waals surface area (Å²) in [5.41, 5.74) is 1.24. The number of benzene rings is 2. The van der Waals surface area contributed by atoms with Crippen molar-refractivity contribution in [3.05, 3.63) is 53.6 Å². The van der Waals surface area contributed by atoms with Crippen LogP contribution in [0.15, 0.2) is 48.0 Å². The Morgan fingerprint density at radius 2 is 1.80 bits per heavy atom. The van der Waals surface area contributed by atoms with Crippen LogP contribution in [0.4, 0.5) is 5.69 Å². The lowest BCUT2D eigenvalue weighted by molar-refractivity contribution is -0.112. The molecule has 0 unspecified atom stereocenters. The first kappa shape index (κ1) is 22.8. The number of unbranched alkanes of at least 4 members (excludes halogenated alkanes) is 3. The van der Waals surface area contributed by atoms with Crippen molar-refractivity contribution in [1.82, 2.24) is 0 Å². The number of nitrogens with one attached hydrogen (secondary N) is 1. The molecule has 0 heterocycles. The van der Waals surface area contributed by atoms with Crippen molar-refractivity contribution in [3.63, 3.8) is 0 Å². The molecule has 1 N–H and O–H groups in total. The number of rotatable bonds is 11. The third-order valence-electron chi connectivity index (χ3n) is 4.47. The van der Waals surface area contributed by atoms with Crippen molar-refractivity contribution < 1.29 is 19.0 Å². The Bertz CT molecular complexity index is 898. The van der Waals surface area contributed by atoms with Crippen molar-refractivity contribution in [2.24, 2.45) is 0 Å². The number of amides is 1. The summed E-state index contributed by atoms with van der Waals surface area (Å²) < 4.78 is 16.3. The van der Waals surface area contributed by atoms with Crippen LogP contribution in [0.2, 0.25) is 0 Å². The second-order valence-electron chi connectivity index (χ2n) is 6.67. The van der Waals surface area contributed by atoms with Gasteiger partial charge in [0.25, 0.3) is 5.91 Å². The first-order chi connectivity index (χ1) is 14.6. The summed E-state index contributed by atoms with van der Waals surface area (Å²) >= 11 is 0. The quantitative estimate of drug-likeness (QED) is 0.314. The van der Waals surface area contributed by atoms with Crippen LogP contribution in [0, 0.1) is 11.3 Å². The van der Waals surface area contributed by atoms with Gasteiger partial charge in [-0.25, -0.2) is 0 Å². The van der Waals surface area contributed by atoms with E-state index in [2.05, 4.69) is 12.2 Å². The number of nitrogens with zero attached hydrogens (tertiary/aromatic N) is 1. The molecule has 1 amide bonds. The lowest BCUT2D eigenvalue weighted by Crippen LogP contribution is -2.13. The van der Waals surface area contributed by atoms with Gasteiger partial charge in [-0.05, 0) is 54.5 Å². The van der Waals surface area contributed by atoms with Gasteiger partial charge in [0.1, 0.15) is 17.4 Å². The van der Waals surface area contributed by atoms with Gasteiger partial charge in [-0.15, -0.1) is 0 Å². The average molecular weight is 408 g/mol. The highest BCUT2D eigenvalue weighted by Crippen LogP contribution is 2.29. The molecule has 0 aliphatic heterocycles. The molecule has 0 aromatic heterocycles. The third-order valence-corrected chi connectivity index (χ3v) is 4.47. The number of hydrogen-bond donors (Lipinski definition) is 1. The molecule has 2 aromatic carbocycles. The molecule has 0 atom stereocenters. The van der Waals surface area contributed by atoms with Gasteiger partial charge in [-0.2, -0.15) is 5.26 Å². The Labute approximate surface area is 178 Å². The molecule has 30 heavy (non-hydrogen) atoms. The molecule has 2 rings (SSSR count). The highest BCUT2D eigenvalue weighted by atomic mass is 16.5. The van der Waals surface area contributed by atoms with E-state index in [1.54, 1.807) is 56.7 Å². The van der Waals surface area contributed by atoms with E-state index in [1.807, 2.05) is 6.07 Å². The van der Waals surface area contributed by atoms with E-state index >= 15 is 0 Å². The fourth-order valence-electron chi connectivity index (χ4n) is 2.79. The monoisotopic (exact) mass is 408 g/mol. The van der Waals surface area contributed by atoms with E-state index in [-0.39, 0.29) is 5.57 Å². The molecule has 0 spiro atoms. The maximum atomic E-state index is 12.5. The summed E-state index contributed by atoms with van der Waals surface area (Å²) in [6, 6.07) is 14.2. The lowest BCUT2D eigenvalue weighted by Gasteiger charge is -2.11. The van der Waals surface area contributed by atoms with Crippen LogP contribution in [0.3, 0.4) is 0 Å². The minimum absolute atomic E-state index is 0.0129. The molecule has 6 nitrogen and oxygen atoms in total. The van der Waals surface area contributed by atoms with E-state index in [0.29, 0.717) is 35.1 Å². The van der Waals surface area contributed by atoms with Gasteiger partial charge in [0.15, 0.2) is 11.5 Å². The van der Waals surface area contributed by atoms with E-state index in [9.17, 15) is 10.1 Å². The van der Waals surface area contributed by atoms with Crippen LogP contribution in [0.1, 0.15) is 38.2 Å². The van der Waals surface area contributed by atoms with Crippen LogP contribution >= 0.6 is 0 Å². The zero-order valence-corrected chi connectivity index (χ0v) is 17.7. The summed E-state index contributed by atoms with van der Waals surface area (Å²) in [7, 11) is 3.13. The zero-order valence-electron chi connectivity index (χ0n) is 17.7. The maximum absolute atomic E-state index is 12.5. The van der Waals surface area contributed by atoms with E-state index in [1.165, 1.54) is 18.9 Å². The average Bonchev–Trinajstić information content (AvgIpc) is 2.78. The number of hydrogen-bond acceptors (Lipinski definition) is 5. The molecule has 0 aliphatic rings. The van der Waals surface area contributed by atoms with Crippen LogP contribution < -0.4 is 19.5 Å². The van der Waals surface area contributed by atoms with E-state index in [0.717, 1.165) is 12.8 Å². The molecule has 0 bridgehead atoms. The first-order valence-electron chi connectivity index (χ1n) is 9.99. The van der Waals surface area contributed by atoms with E-state index < -0.39 is 5.91 Å². The number of ether oxygens (including phenoxy) is 3. The Morgan fingerprint density at radius 1 is 1.03 bits per heavy atom. The van der Waals surface area contributed by atoms with Gasteiger partial charge < -0.3 is 19.5 Å². The fraction of sp³-hybridized carbons (Fsp3) is 0.333. The predicted molar refractivity (Wildman–Crippen MR) is 118 cm³/mol. The fourth-order valence-corrected chi connectivity index (χ4v) is 2.79. The molecule has 158 valence electrons. The number of nitriles is 1. The number of carbonyl (C=O) groups excluding carboxylic acids is 1. The lowest BCUT2D eigenvalue weighted by atomic mass is 10.1. The Balaban J connectivity index is 2.08. The summed E-state index contributed by atoms with van der Waals surface area (Å²) in [6.45, 7) is 2.79. The molecule has 0 aliphatic carbocycles. The van der Waals surface area contributed by atoms with Gasteiger partial charge in [0.05, 0.1) is 20.8 Å². The zero-order chi connectivity index (χ0) is 21.8. The van der Waals surface area contributed by atoms with Gasteiger partial charge in [-0.3, -0.25) is 4.79 Å². The maximum Gasteiger partial charge on any atom is 0.266 e. The summed E-state index contributed by atoms with van der Waals surface area (Å²) in [6.07, 6.45) is 6.01. The summed E-state index contributed by atoms with van der Waals surface area (Å²) in [4.78, 5) is 12.5. The Kier molecular flexibility index (Phi) is 9.26. The molecule has 0 saturated heterocycles. The van der Waals surface area contributed by atoms with Crippen molar-refractivity contribution in [2.75, 3.05) is 26.1 Å². The van der Waals surface area contributed by atoms with Crippen LogP contribution in [-0.2, 0) is 4.79 Å². The van der Waals surface area contributed by atoms with Crippen molar-refractivity contribution in [3.8, 4) is 23.3 Å². The Morgan fingerprint density at radius 3 is 2.43 bits per heavy atom. The predicted octanol–water partition coefficient (Wildman–Crippen LogP) is 5.21. The third kappa shape index (κ3) is 6.85. The van der Waals surface area contributed by atoms with Gasteiger partial charge in [-0.1, -0.05) is 32.3 Å². The number of methoxy groups -OCH3 is 2. The second kappa shape index (κ2) is 12.2. The summed E-state index contributed by atoms with van der Waals surface area (Å²) in [5.74, 6) is 1.40. The standard InChI is InChI=1S/C24H28N2O4/c1-4-5-6-7-14-30-22-13-8-18(16-23(22)29-3)15-19(17-25)24(27)26-20-9-11-21(28-2)12-10-20/h8-13,15-16H,4-7,14H2,1-3H3,(H,26,27)/b19-15-. The van der Waals surface area contributed by atoms with E-state index in [4.69, 9.17) is 14.2 Å². The normalized spacial score (nSPS) is 10.8.